The van der Waals surface area contributed by atoms with Crippen molar-refractivity contribution in [2.45, 2.75) is 51.5 Å². The van der Waals surface area contributed by atoms with E-state index in [1.54, 1.807) is 0 Å². The van der Waals surface area contributed by atoms with Crippen LogP contribution in [0.1, 0.15) is 43.7 Å². The van der Waals surface area contributed by atoms with Gasteiger partial charge in [0.25, 0.3) is 10.2 Å². The molecule has 2 fully saturated rings. The lowest BCUT2D eigenvalue weighted by atomic mass is 9.36. The van der Waals surface area contributed by atoms with E-state index in [-0.39, 0.29) is 6.04 Å². The summed E-state index contributed by atoms with van der Waals surface area (Å²) in [7, 11) is -3.37. The van der Waals surface area contributed by atoms with Gasteiger partial charge in [0.2, 0.25) is 0 Å². The van der Waals surface area contributed by atoms with Crippen LogP contribution < -0.4 is 9.44 Å². The second-order valence-corrected chi connectivity index (χ2v) is 9.06. The first-order valence-corrected chi connectivity index (χ1v) is 10.4. The van der Waals surface area contributed by atoms with E-state index in [1.807, 2.05) is 0 Å². The van der Waals surface area contributed by atoms with Crippen molar-refractivity contribution in [1.82, 2.24) is 9.44 Å². The Morgan fingerprint density at radius 2 is 2.00 bits per heavy atom. The summed E-state index contributed by atoms with van der Waals surface area (Å²) in [5, 5.41) is 0. The lowest BCUT2D eigenvalue weighted by molar-refractivity contribution is -0.171. The predicted molar refractivity (Wildman–Crippen MR) is 91.3 cm³/mol. The van der Waals surface area contributed by atoms with Crippen molar-refractivity contribution in [3.8, 4) is 0 Å². The fourth-order valence-corrected chi connectivity index (χ4v) is 6.35. The van der Waals surface area contributed by atoms with E-state index in [4.69, 9.17) is 0 Å². The Hall–Kier alpha value is -0.910. The third-order valence-corrected chi connectivity index (χ3v) is 7.62. The van der Waals surface area contributed by atoms with Gasteiger partial charge >= 0.3 is 0 Å². The van der Waals surface area contributed by atoms with Crippen molar-refractivity contribution in [3.63, 3.8) is 0 Å². The maximum atomic E-state index is 12.3. The quantitative estimate of drug-likeness (QED) is 0.785. The summed E-state index contributed by atoms with van der Waals surface area (Å²) in [5.74, 6) is 1.00. The molecule has 3 aliphatic rings. The highest BCUT2D eigenvalue weighted by Gasteiger charge is 2.67. The third-order valence-electron chi connectivity index (χ3n) is 6.46. The maximum Gasteiger partial charge on any atom is 0.277 e. The third kappa shape index (κ3) is 2.44. The lowest BCUT2D eigenvalue weighted by Gasteiger charge is -2.70. The standard InChI is InChI=1S/C18H26N2O2S/c1-2-3-10-19-23(21,22)20-17-15-8-9-18(15)12-14-7-5-4-6-13(14)11-16(17)18/h4-7,15-17,19-20H,2-3,8-12H2,1H3. The van der Waals surface area contributed by atoms with E-state index in [2.05, 4.69) is 40.6 Å². The molecule has 3 aliphatic carbocycles. The van der Waals surface area contributed by atoms with Gasteiger partial charge in [0.1, 0.15) is 0 Å². The number of fused-ring (bicyclic) bond motifs is 1. The Kier molecular flexibility index (Phi) is 3.78. The van der Waals surface area contributed by atoms with Gasteiger partial charge in [-0.3, -0.25) is 0 Å². The van der Waals surface area contributed by atoms with Crippen LogP contribution in [0.15, 0.2) is 24.3 Å². The second-order valence-electron chi connectivity index (χ2n) is 7.53. The molecule has 0 aliphatic heterocycles. The average Bonchev–Trinajstić information content (AvgIpc) is 2.52. The van der Waals surface area contributed by atoms with E-state index in [9.17, 15) is 8.42 Å². The minimum atomic E-state index is -3.37. The zero-order valence-electron chi connectivity index (χ0n) is 13.7. The zero-order valence-corrected chi connectivity index (χ0v) is 14.5. The largest absolute Gasteiger partial charge is 0.277 e. The molecule has 2 N–H and O–H groups in total. The van der Waals surface area contributed by atoms with Crippen molar-refractivity contribution in [2.75, 3.05) is 6.54 Å². The van der Waals surface area contributed by atoms with Crippen molar-refractivity contribution in [2.24, 2.45) is 17.3 Å². The predicted octanol–water partition coefficient (Wildman–Crippen LogP) is 2.40. The van der Waals surface area contributed by atoms with Gasteiger partial charge in [-0.25, -0.2) is 4.72 Å². The van der Waals surface area contributed by atoms with Crippen molar-refractivity contribution in [1.29, 1.82) is 0 Å². The Morgan fingerprint density at radius 1 is 1.22 bits per heavy atom. The van der Waals surface area contributed by atoms with Gasteiger partial charge in [-0.05, 0) is 60.5 Å². The number of nitrogens with one attached hydrogen (secondary N) is 2. The van der Waals surface area contributed by atoms with E-state index in [1.165, 1.54) is 24.0 Å². The van der Waals surface area contributed by atoms with Crippen LogP contribution in [-0.2, 0) is 23.1 Å². The highest BCUT2D eigenvalue weighted by atomic mass is 32.2. The van der Waals surface area contributed by atoms with Gasteiger partial charge < -0.3 is 0 Å². The first kappa shape index (κ1) is 15.6. The van der Waals surface area contributed by atoms with Crippen LogP contribution >= 0.6 is 0 Å². The normalized spacial score (nSPS) is 34.6. The summed E-state index contributed by atoms with van der Waals surface area (Å²) in [6.45, 7) is 2.59. The molecule has 0 radical (unpaired) electrons. The molecule has 0 aromatic heterocycles. The Balaban J connectivity index is 1.49. The Bertz CT molecular complexity index is 703. The molecule has 1 spiro atoms. The molecule has 0 heterocycles. The van der Waals surface area contributed by atoms with Gasteiger partial charge in [0.15, 0.2) is 0 Å². The maximum absolute atomic E-state index is 12.3. The molecule has 1 aromatic rings. The van der Waals surface area contributed by atoms with Gasteiger partial charge in [-0.15, -0.1) is 0 Å². The lowest BCUT2D eigenvalue weighted by Crippen LogP contribution is -2.74. The van der Waals surface area contributed by atoms with E-state index < -0.39 is 10.2 Å². The summed E-state index contributed by atoms with van der Waals surface area (Å²) in [4.78, 5) is 0. The van der Waals surface area contributed by atoms with E-state index in [0.717, 1.165) is 25.7 Å². The van der Waals surface area contributed by atoms with Gasteiger partial charge in [0.05, 0.1) is 0 Å². The first-order chi connectivity index (χ1) is 11.1. The van der Waals surface area contributed by atoms with Gasteiger partial charge in [0, 0.05) is 12.6 Å². The molecule has 0 bridgehead atoms. The topological polar surface area (TPSA) is 58.2 Å². The number of hydrogen-bond acceptors (Lipinski definition) is 2. The average molecular weight is 334 g/mol. The molecule has 5 heteroatoms. The van der Waals surface area contributed by atoms with E-state index in [0.29, 0.717) is 23.8 Å². The number of rotatable bonds is 6. The monoisotopic (exact) mass is 334 g/mol. The van der Waals surface area contributed by atoms with Gasteiger partial charge in [-0.1, -0.05) is 37.6 Å². The van der Waals surface area contributed by atoms with Crippen LogP contribution in [0.3, 0.4) is 0 Å². The molecular weight excluding hydrogens is 308 g/mol. The summed E-state index contributed by atoms with van der Waals surface area (Å²) in [6.07, 6.45) is 6.47. The van der Waals surface area contributed by atoms with Crippen LogP contribution in [0.4, 0.5) is 0 Å². The number of hydrogen-bond donors (Lipinski definition) is 2. The van der Waals surface area contributed by atoms with Crippen LogP contribution in [0, 0.1) is 17.3 Å². The molecule has 126 valence electrons. The van der Waals surface area contributed by atoms with Crippen molar-refractivity contribution < 1.29 is 8.42 Å². The van der Waals surface area contributed by atoms with Crippen LogP contribution in [-0.4, -0.2) is 21.0 Å². The molecule has 4 nitrogen and oxygen atoms in total. The molecule has 23 heavy (non-hydrogen) atoms. The highest BCUT2D eigenvalue weighted by Crippen LogP contribution is 2.68. The molecule has 0 amide bonds. The summed E-state index contributed by atoms with van der Waals surface area (Å²) < 4.78 is 30.2. The van der Waals surface area contributed by atoms with E-state index >= 15 is 0 Å². The molecule has 2 saturated carbocycles. The first-order valence-electron chi connectivity index (χ1n) is 8.89. The van der Waals surface area contributed by atoms with Crippen molar-refractivity contribution in [3.05, 3.63) is 35.4 Å². The molecule has 1 aromatic carbocycles. The fraction of sp³-hybridized carbons (Fsp3) is 0.667. The highest BCUT2D eigenvalue weighted by molar-refractivity contribution is 7.87. The van der Waals surface area contributed by atoms with Gasteiger partial charge in [-0.2, -0.15) is 13.1 Å². The molecular formula is C18H26N2O2S. The Labute approximate surface area is 139 Å². The molecule has 0 saturated heterocycles. The minimum Gasteiger partial charge on any atom is -0.202 e. The fourth-order valence-electron chi connectivity index (χ4n) is 5.17. The number of unbranched alkanes of at least 4 members (excludes halogenated alkanes) is 1. The molecule has 4 rings (SSSR count). The smallest absolute Gasteiger partial charge is 0.202 e. The summed E-state index contributed by atoms with van der Waals surface area (Å²) in [6, 6.07) is 8.80. The summed E-state index contributed by atoms with van der Waals surface area (Å²) >= 11 is 0. The van der Waals surface area contributed by atoms with Crippen LogP contribution in [0.5, 0.6) is 0 Å². The SMILES string of the molecule is CCCCNS(=O)(=O)NC1C2CCC23Cc2ccccc2CC13. The Morgan fingerprint density at radius 3 is 2.70 bits per heavy atom. The number of benzene rings is 1. The van der Waals surface area contributed by atoms with Crippen LogP contribution in [0.2, 0.25) is 0 Å². The second kappa shape index (κ2) is 5.57. The van der Waals surface area contributed by atoms with Crippen molar-refractivity contribution >= 4 is 10.2 Å². The molecule has 4 unspecified atom stereocenters. The summed E-state index contributed by atoms with van der Waals surface area (Å²) in [5.41, 5.74) is 3.28. The van der Waals surface area contributed by atoms with Crippen LogP contribution in [0.25, 0.3) is 0 Å². The molecule has 4 atom stereocenters. The zero-order chi connectivity index (χ0) is 16.1. The minimum absolute atomic E-state index is 0.122.